The standard InChI is InChI=1S/C17H20FN5O5/c1-3-5-6-26-16(25)27-8-17(4-2)10(24)7-11(28-17)23-9-20-12-13(19)21-15(18)22-14(12)23/h2,9-11,24H,3,5-8H2,1H3,(H2,19,21,22)/t10-,11+,17+/m0/s1. The van der Waals surface area contributed by atoms with Gasteiger partial charge in [-0.05, 0) is 6.42 Å². The van der Waals surface area contributed by atoms with E-state index in [0.29, 0.717) is 6.42 Å². The first-order chi connectivity index (χ1) is 13.4. The van der Waals surface area contributed by atoms with Crippen LogP contribution in [-0.2, 0) is 14.2 Å². The Morgan fingerprint density at radius 2 is 2.36 bits per heavy atom. The van der Waals surface area contributed by atoms with Gasteiger partial charge in [-0.1, -0.05) is 19.3 Å². The van der Waals surface area contributed by atoms with E-state index in [4.69, 9.17) is 26.4 Å². The lowest BCUT2D eigenvalue weighted by Crippen LogP contribution is -2.43. The maximum absolute atomic E-state index is 13.5. The highest BCUT2D eigenvalue weighted by Gasteiger charge is 2.49. The Hall–Kier alpha value is -2.97. The highest BCUT2D eigenvalue weighted by Crippen LogP contribution is 2.38. The van der Waals surface area contributed by atoms with Crippen LogP contribution in [0, 0.1) is 18.4 Å². The zero-order chi connectivity index (χ0) is 20.3. The van der Waals surface area contributed by atoms with Crippen LogP contribution in [0.15, 0.2) is 6.33 Å². The number of aliphatic hydroxyl groups excluding tert-OH is 1. The van der Waals surface area contributed by atoms with Crippen LogP contribution in [0.2, 0.25) is 0 Å². The number of unbranched alkanes of at least 4 members (excludes halogenated alkanes) is 1. The van der Waals surface area contributed by atoms with E-state index in [9.17, 15) is 14.3 Å². The molecule has 2 aromatic heterocycles. The van der Waals surface area contributed by atoms with Crippen molar-refractivity contribution in [3.05, 3.63) is 12.4 Å². The molecule has 1 aliphatic heterocycles. The molecule has 3 atom stereocenters. The van der Waals surface area contributed by atoms with Crippen molar-refractivity contribution in [3.63, 3.8) is 0 Å². The highest BCUT2D eigenvalue weighted by molar-refractivity contribution is 5.81. The number of carbonyl (C=O) groups excluding carboxylic acids is 1. The van der Waals surface area contributed by atoms with Gasteiger partial charge in [0.15, 0.2) is 22.6 Å². The third-order valence-electron chi connectivity index (χ3n) is 4.41. The summed E-state index contributed by atoms with van der Waals surface area (Å²) >= 11 is 0. The van der Waals surface area contributed by atoms with E-state index in [1.807, 2.05) is 6.92 Å². The number of nitrogens with two attached hydrogens (primary N) is 1. The number of aliphatic hydroxyl groups is 1. The largest absolute Gasteiger partial charge is 0.508 e. The van der Waals surface area contributed by atoms with E-state index in [1.165, 1.54) is 10.9 Å². The van der Waals surface area contributed by atoms with Crippen molar-refractivity contribution in [1.82, 2.24) is 19.5 Å². The van der Waals surface area contributed by atoms with Gasteiger partial charge < -0.3 is 25.1 Å². The van der Waals surface area contributed by atoms with E-state index < -0.39 is 36.8 Å². The summed E-state index contributed by atoms with van der Waals surface area (Å²) in [6, 6.07) is 0. The number of anilines is 1. The molecular formula is C17H20FN5O5. The Morgan fingerprint density at radius 3 is 3.07 bits per heavy atom. The maximum atomic E-state index is 13.5. The smallest absolute Gasteiger partial charge is 0.434 e. The summed E-state index contributed by atoms with van der Waals surface area (Å²) in [5, 5.41) is 10.5. The minimum absolute atomic E-state index is 0.0371. The van der Waals surface area contributed by atoms with Gasteiger partial charge in [0.2, 0.25) is 0 Å². The van der Waals surface area contributed by atoms with Crippen molar-refractivity contribution >= 4 is 23.1 Å². The number of nitrogens with zero attached hydrogens (tertiary/aromatic N) is 4. The van der Waals surface area contributed by atoms with Crippen molar-refractivity contribution in [2.45, 2.75) is 44.1 Å². The quantitative estimate of drug-likeness (QED) is 0.321. The number of hydrogen-bond acceptors (Lipinski definition) is 9. The van der Waals surface area contributed by atoms with Crippen molar-refractivity contribution in [3.8, 4) is 12.3 Å². The lowest BCUT2D eigenvalue weighted by molar-refractivity contribution is -0.0980. The number of carbonyl (C=O) groups is 1. The molecule has 0 aromatic carbocycles. The van der Waals surface area contributed by atoms with E-state index in [2.05, 4.69) is 20.9 Å². The lowest BCUT2D eigenvalue weighted by Gasteiger charge is -2.25. The summed E-state index contributed by atoms with van der Waals surface area (Å²) in [5.41, 5.74) is 4.33. The van der Waals surface area contributed by atoms with Crippen LogP contribution in [0.4, 0.5) is 15.0 Å². The Kier molecular flexibility index (Phi) is 5.62. The van der Waals surface area contributed by atoms with Crippen molar-refractivity contribution in [2.75, 3.05) is 18.9 Å². The summed E-state index contributed by atoms with van der Waals surface area (Å²) in [7, 11) is 0. The first kappa shape index (κ1) is 19.8. The number of hydrogen-bond donors (Lipinski definition) is 2. The number of halogens is 1. The Labute approximate surface area is 159 Å². The Morgan fingerprint density at radius 1 is 1.57 bits per heavy atom. The molecule has 1 saturated heterocycles. The minimum atomic E-state index is -1.60. The second kappa shape index (κ2) is 7.95. The molecule has 0 unspecified atom stereocenters. The topological polar surface area (TPSA) is 135 Å². The maximum Gasteiger partial charge on any atom is 0.508 e. The number of rotatable bonds is 6. The predicted molar refractivity (Wildman–Crippen MR) is 94.2 cm³/mol. The van der Waals surface area contributed by atoms with E-state index in [-0.39, 0.29) is 30.0 Å². The SMILES string of the molecule is C#C[C@]1(COC(=O)OCCCC)O[C@@H](n2cnc3c(N)nc(F)nc32)C[C@@H]1O. The molecule has 3 N–H and O–H groups in total. The average molecular weight is 393 g/mol. The number of imidazole rings is 1. The molecule has 3 rings (SSSR count). The molecule has 11 heteroatoms. The third-order valence-corrected chi connectivity index (χ3v) is 4.41. The monoisotopic (exact) mass is 393 g/mol. The minimum Gasteiger partial charge on any atom is -0.434 e. The molecule has 150 valence electrons. The second-order valence-corrected chi connectivity index (χ2v) is 6.30. The molecule has 10 nitrogen and oxygen atoms in total. The van der Waals surface area contributed by atoms with Crippen LogP contribution in [0.3, 0.4) is 0 Å². The molecule has 0 radical (unpaired) electrons. The van der Waals surface area contributed by atoms with Crippen LogP contribution in [0.25, 0.3) is 11.2 Å². The number of terminal acetylenes is 1. The molecule has 0 amide bonds. The molecule has 3 heterocycles. The number of fused-ring (bicyclic) bond motifs is 1. The number of aromatic nitrogens is 4. The summed E-state index contributed by atoms with van der Waals surface area (Å²) < 4.78 is 30.6. The van der Waals surface area contributed by atoms with Gasteiger partial charge in [0.1, 0.15) is 18.9 Å². The molecule has 0 bridgehead atoms. The van der Waals surface area contributed by atoms with Gasteiger partial charge in [-0.15, -0.1) is 6.42 Å². The highest BCUT2D eigenvalue weighted by atomic mass is 19.1. The molecule has 1 fully saturated rings. The summed E-state index contributed by atoms with van der Waals surface area (Å²) in [4.78, 5) is 22.8. The van der Waals surface area contributed by atoms with Gasteiger partial charge in [-0.3, -0.25) is 4.57 Å². The average Bonchev–Trinajstić information content (AvgIpc) is 3.22. The first-order valence-electron chi connectivity index (χ1n) is 8.69. The second-order valence-electron chi connectivity index (χ2n) is 6.30. The van der Waals surface area contributed by atoms with Crippen LogP contribution in [0.5, 0.6) is 0 Å². The van der Waals surface area contributed by atoms with Crippen LogP contribution in [0.1, 0.15) is 32.4 Å². The fourth-order valence-electron chi connectivity index (χ4n) is 2.85. The van der Waals surface area contributed by atoms with Gasteiger partial charge in [-0.25, -0.2) is 9.78 Å². The van der Waals surface area contributed by atoms with Crippen LogP contribution in [-0.4, -0.2) is 55.7 Å². The van der Waals surface area contributed by atoms with Crippen molar-refractivity contribution in [1.29, 1.82) is 0 Å². The van der Waals surface area contributed by atoms with E-state index in [1.54, 1.807) is 0 Å². The molecule has 0 spiro atoms. The lowest BCUT2D eigenvalue weighted by atomic mass is 9.99. The van der Waals surface area contributed by atoms with Gasteiger partial charge >= 0.3 is 12.2 Å². The first-order valence-corrected chi connectivity index (χ1v) is 8.69. The molecule has 0 aliphatic carbocycles. The normalized spacial score (nSPS) is 24.2. The molecule has 2 aromatic rings. The Balaban J connectivity index is 1.75. The van der Waals surface area contributed by atoms with Gasteiger partial charge in [0.05, 0.1) is 12.9 Å². The zero-order valence-corrected chi connectivity index (χ0v) is 15.2. The molecule has 0 saturated carbocycles. The molecule has 28 heavy (non-hydrogen) atoms. The predicted octanol–water partition coefficient (Wildman–Crippen LogP) is 1.15. The molecule has 1 aliphatic rings. The number of nitrogen functional groups attached to an aromatic ring is 1. The zero-order valence-electron chi connectivity index (χ0n) is 15.2. The van der Waals surface area contributed by atoms with E-state index >= 15 is 0 Å². The van der Waals surface area contributed by atoms with Gasteiger partial charge in [0, 0.05) is 6.42 Å². The fraction of sp³-hybridized carbons (Fsp3) is 0.529. The van der Waals surface area contributed by atoms with Crippen LogP contribution < -0.4 is 5.73 Å². The number of ether oxygens (including phenoxy) is 3. The van der Waals surface area contributed by atoms with E-state index in [0.717, 1.165) is 6.42 Å². The Bertz CT molecular complexity index is 913. The summed E-state index contributed by atoms with van der Waals surface area (Å²) in [5.74, 6) is 2.22. The van der Waals surface area contributed by atoms with Crippen molar-refractivity contribution < 1.29 is 28.5 Å². The van der Waals surface area contributed by atoms with Crippen LogP contribution >= 0.6 is 0 Å². The van der Waals surface area contributed by atoms with Gasteiger partial charge in [0.25, 0.3) is 0 Å². The van der Waals surface area contributed by atoms with Gasteiger partial charge in [-0.2, -0.15) is 14.4 Å². The third kappa shape index (κ3) is 3.69. The molecular weight excluding hydrogens is 373 g/mol. The summed E-state index contributed by atoms with van der Waals surface area (Å²) in [6.45, 7) is 1.76. The summed E-state index contributed by atoms with van der Waals surface area (Å²) in [6.07, 6.45) is 4.56. The fourth-order valence-corrected chi connectivity index (χ4v) is 2.85. The van der Waals surface area contributed by atoms with Crippen molar-refractivity contribution in [2.24, 2.45) is 0 Å².